The zero-order chi connectivity index (χ0) is 14.8. The molecule has 1 amide bonds. The second-order valence-corrected chi connectivity index (χ2v) is 5.01. The second kappa shape index (κ2) is 5.58. The van der Waals surface area contributed by atoms with E-state index in [4.69, 9.17) is 5.11 Å². The first-order chi connectivity index (χ1) is 9.48. The van der Waals surface area contributed by atoms with Crippen molar-refractivity contribution in [1.29, 1.82) is 0 Å². The summed E-state index contributed by atoms with van der Waals surface area (Å²) in [6.45, 7) is 3.21. The number of anilines is 1. The van der Waals surface area contributed by atoms with Crippen LogP contribution in [0.3, 0.4) is 0 Å². The number of carbonyl (C=O) groups is 2. The number of aromatic carboxylic acids is 1. The minimum Gasteiger partial charge on any atom is -0.478 e. The van der Waals surface area contributed by atoms with Gasteiger partial charge >= 0.3 is 5.97 Å². The number of carboxylic acids is 1. The summed E-state index contributed by atoms with van der Waals surface area (Å²) in [5.41, 5.74) is -0.697. The Morgan fingerprint density at radius 1 is 1.50 bits per heavy atom. The van der Waals surface area contributed by atoms with E-state index in [0.29, 0.717) is 19.4 Å². The quantitative estimate of drug-likeness (QED) is 0.786. The van der Waals surface area contributed by atoms with Gasteiger partial charge in [-0.3, -0.25) is 4.79 Å². The zero-order valence-electron chi connectivity index (χ0n) is 11.2. The molecule has 0 aromatic heterocycles. The monoisotopic (exact) mass is 280 g/mol. The molecule has 1 atom stereocenters. The van der Waals surface area contributed by atoms with Crippen molar-refractivity contribution in [1.82, 2.24) is 5.32 Å². The molecule has 1 aliphatic rings. The summed E-state index contributed by atoms with van der Waals surface area (Å²) in [5.74, 6) is -2.07. The van der Waals surface area contributed by atoms with Crippen molar-refractivity contribution in [3.05, 3.63) is 29.6 Å². The molecule has 5 nitrogen and oxygen atoms in total. The average molecular weight is 280 g/mol. The van der Waals surface area contributed by atoms with Gasteiger partial charge in [-0.1, -0.05) is 6.92 Å². The molecule has 6 heteroatoms. The maximum absolute atomic E-state index is 13.7. The Bertz CT molecular complexity index is 539. The fourth-order valence-corrected chi connectivity index (χ4v) is 2.41. The number of carboxylic acid groups (broad SMARTS) is 1. The predicted octanol–water partition coefficient (Wildman–Crippen LogP) is 1.85. The summed E-state index contributed by atoms with van der Waals surface area (Å²) in [7, 11) is 0. The van der Waals surface area contributed by atoms with E-state index in [9.17, 15) is 14.0 Å². The lowest BCUT2D eigenvalue weighted by Crippen LogP contribution is -2.37. The number of amides is 1. The van der Waals surface area contributed by atoms with E-state index in [-0.39, 0.29) is 17.2 Å². The fraction of sp³-hybridized carbons (Fsp3) is 0.429. The highest BCUT2D eigenvalue weighted by Gasteiger charge is 2.39. The molecule has 108 valence electrons. The lowest BCUT2D eigenvalue weighted by atomic mass is 9.83. The van der Waals surface area contributed by atoms with Crippen LogP contribution < -0.4 is 10.6 Å². The van der Waals surface area contributed by atoms with E-state index in [0.717, 1.165) is 18.7 Å². The third-order valence-electron chi connectivity index (χ3n) is 3.86. The van der Waals surface area contributed by atoms with Gasteiger partial charge in [-0.15, -0.1) is 0 Å². The standard InChI is InChI=1S/C14H17FN2O3/c1-2-14(5-6-16-8-14)13(20)17-11-7-9(12(18)19)3-4-10(11)15/h3-4,7,16H,2,5-6,8H2,1H3,(H,17,20)(H,18,19). The van der Waals surface area contributed by atoms with Gasteiger partial charge in [0.15, 0.2) is 0 Å². The van der Waals surface area contributed by atoms with Crippen molar-refractivity contribution < 1.29 is 19.1 Å². The largest absolute Gasteiger partial charge is 0.478 e. The van der Waals surface area contributed by atoms with Gasteiger partial charge in [0.2, 0.25) is 5.91 Å². The Morgan fingerprint density at radius 3 is 2.80 bits per heavy atom. The van der Waals surface area contributed by atoms with Gasteiger partial charge in [0.1, 0.15) is 5.82 Å². The van der Waals surface area contributed by atoms with Crippen LogP contribution in [0.15, 0.2) is 18.2 Å². The number of hydrogen-bond donors (Lipinski definition) is 3. The molecule has 1 aliphatic heterocycles. The van der Waals surface area contributed by atoms with Gasteiger partial charge in [-0.2, -0.15) is 0 Å². The molecule has 2 rings (SSSR count). The number of rotatable bonds is 4. The van der Waals surface area contributed by atoms with Crippen LogP contribution in [-0.4, -0.2) is 30.1 Å². The molecule has 1 aromatic rings. The summed E-state index contributed by atoms with van der Waals surface area (Å²) in [5, 5.41) is 14.5. The number of carbonyl (C=O) groups excluding carboxylic acids is 1. The van der Waals surface area contributed by atoms with Crippen LogP contribution in [0.4, 0.5) is 10.1 Å². The lowest BCUT2D eigenvalue weighted by Gasteiger charge is -2.25. The Labute approximate surface area is 116 Å². The van der Waals surface area contributed by atoms with Gasteiger partial charge in [0.05, 0.1) is 16.7 Å². The molecule has 1 heterocycles. The van der Waals surface area contributed by atoms with Crippen molar-refractivity contribution in [2.45, 2.75) is 19.8 Å². The normalized spacial score (nSPS) is 21.7. The van der Waals surface area contributed by atoms with Gasteiger partial charge in [-0.05, 0) is 37.6 Å². The van der Waals surface area contributed by atoms with E-state index < -0.39 is 17.2 Å². The van der Waals surface area contributed by atoms with Crippen molar-refractivity contribution in [3.8, 4) is 0 Å². The van der Waals surface area contributed by atoms with Gasteiger partial charge in [0, 0.05) is 6.54 Å². The number of hydrogen-bond acceptors (Lipinski definition) is 3. The Hall–Kier alpha value is -1.95. The molecule has 3 N–H and O–H groups in total. The Morgan fingerprint density at radius 2 is 2.25 bits per heavy atom. The fourth-order valence-electron chi connectivity index (χ4n) is 2.41. The maximum atomic E-state index is 13.7. The van der Waals surface area contributed by atoms with Gasteiger partial charge in [-0.25, -0.2) is 9.18 Å². The second-order valence-electron chi connectivity index (χ2n) is 5.01. The first-order valence-electron chi connectivity index (χ1n) is 6.53. The first kappa shape index (κ1) is 14.5. The summed E-state index contributed by atoms with van der Waals surface area (Å²) in [6, 6.07) is 3.35. The molecule has 0 saturated carbocycles. The molecule has 20 heavy (non-hydrogen) atoms. The molecule has 1 aromatic carbocycles. The van der Waals surface area contributed by atoms with Crippen LogP contribution >= 0.6 is 0 Å². The zero-order valence-corrected chi connectivity index (χ0v) is 11.2. The van der Waals surface area contributed by atoms with Crippen LogP contribution in [0.1, 0.15) is 30.1 Å². The third-order valence-corrected chi connectivity index (χ3v) is 3.86. The average Bonchev–Trinajstić information content (AvgIpc) is 2.91. The SMILES string of the molecule is CCC1(C(=O)Nc2cc(C(=O)O)ccc2F)CCNC1. The van der Waals surface area contributed by atoms with Gasteiger partial charge < -0.3 is 15.7 Å². The van der Waals surface area contributed by atoms with Crippen LogP contribution in [0.2, 0.25) is 0 Å². The minimum absolute atomic E-state index is 0.0585. The summed E-state index contributed by atoms with van der Waals surface area (Å²) < 4.78 is 13.7. The van der Waals surface area contributed by atoms with Crippen LogP contribution in [0, 0.1) is 11.2 Å². The minimum atomic E-state index is -1.16. The summed E-state index contributed by atoms with van der Waals surface area (Å²) in [4.78, 5) is 23.2. The first-order valence-corrected chi connectivity index (χ1v) is 6.53. The van der Waals surface area contributed by atoms with E-state index in [1.54, 1.807) is 0 Å². The number of halogens is 1. The predicted molar refractivity (Wildman–Crippen MR) is 72.2 cm³/mol. The van der Waals surface area contributed by atoms with E-state index in [1.165, 1.54) is 6.07 Å². The highest BCUT2D eigenvalue weighted by atomic mass is 19.1. The molecule has 0 spiro atoms. The maximum Gasteiger partial charge on any atom is 0.335 e. The van der Waals surface area contributed by atoms with Crippen molar-refractivity contribution in [2.75, 3.05) is 18.4 Å². The third kappa shape index (κ3) is 2.65. The molecule has 1 saturated heterocycles. The molecule has 0 radical (unpaired) electrons. The summed E-state index contributed by atoms with van der Waals surface area (Å²) >= 11 is 0. The van der Waals surface area contributed by atoms with E-state index >= 15 is 0 Å². The van der Waals surface area contributed by atoms with Crippen LogP contribution in [0.5, 0.6) is 0 Å². The highest BCUT2D eigenvalue weighted by Crippen LogP contribution is 2.31. The van der Waals surface area contributed by atoms with Crippen LogP contribution in [0.25, 0.3) is 0 Å². The lowest BCUT2D eigenvalue weighted by molar-refractivity contribution is -0.124. The van der Waals surface area contributed by atoms with Crippen molar-refractivity contribution in [3.63, 3.8) is 0 Å². The molecular formula is C14H17FN2O3. The van der Waals surface area contributed by atoms with Crippen LogP contribution in [-0.2, 0) is 4.79 Å². The smallest absolute Gasteiger partial charge is 0.335 e. The van der Waals surface area contributed by atoms with Crippen molar-refractivity contribution in [2.24, 2.45) is 5.41 Å². The topological polar surface area (TPSA) is 78.4 Å². The van der Waals surface area contributed by atoms with E-state index in [1.807, 2.05) is 6.92 Å². The molecule has 0 aliphatic carbocycles. The number of benzene rings is 1. The van der Waals surface area contributed by atoms with Gasteiger partial charge in [0.25, 0.3) is 0 Å². The molecule has 1 unspecified atom stereocenters. The molecule has 0 bridgehead atoms. The molecule has 1 fully saturated rings. The molecular weight excluding hydrogens is 263 g/mol. The Balaban J connectivity index is 2.23. The summed E-state index contributed by atoms with van der Waals surface area (Å²) in [6.07, 6.45) is 1.33. The number of nitrogens with one attached hydrogen (secondary N) is 2. The van der Waals surface area contributed by atoms with E-state index in [2.05, 4.69) is 10.6 Å². The van der Waals surface area contributed by atoms with Crippen molar-refractivity contribution >= 4 is 17.6 Å². The highest BCUT2D eigenvalue weighted by molar-refractivity contribution is 5.97. The Kier molecular flexibility index (Phi) is 4.04.